The maximum absolute atomic E-state index is 13.2. The lowest BCUT2D eigenvalue weighted by Gasteiger charge is -2.18. The minimum absolute atomic E-state index is 0. The molecule has 130 valence electrons. The van der Waals surface area contributed by atoms with Crippen molar-refractivity contribution in [2.45, 2.75) is 32.2 Å². The van der Waals surface area contributed by atoms with Gasteiger partial charge in [-0.15, -0.1) is 24.8 Å². The summed E-state index contributed by atoms with van der Waals surface area (Å²) < 4.78 is 13.2. The van der Waals surface area contributed by atoms with Crippen LogP contribution in [0.25, 0.3) is 0 Å². The van der Waals surface area contributed by atoms with Gasteiger partial charge in [0.05, 0.1) is 6.54 Å². The Bertz CT molecular complexity index is 522. The summed E-state index contributed by atoms with van der Waals surface area (Å²) in [6, 6.07) is 4.85. The highest BCUT2D eigenvalue weighted by Crippen LogP contribution is 2.24. The van der Waals surface area contributed by atoms with Crippen LogP contribution in [0.5, 0.6) is 0 Å². The van der Waals surface area contributed by atoms with Crippen molar-refractivity contribution in [1.82, 2.24) is 4.90 Å². The second kappa shape index (κ2) is 10.4. The van der Waals surface area contributed by atoms with E-state index in [2.05, 4.69) is 15.2 Å². The normalized spacial score (nSPS) is 16.7. The standard InChI is InChI=1S/C16H22FN3S.2ClH/c17-14-6-5-13-12-18-16(19-15(13)11-14)21-10-4-3-9-20-7-1-2-8-20;;/h5-6,11H,1-4,7-10,12H2,(H,18,19);2*1H. The van der Waals surface area contributed by atoms with Crippen LogP contribution in [0, 0.1) is 5.82 Å². The highest BCUT2D eigenvalue weighted by Gasteiger charge is 2.13. The van der Waals surface area contributed by atoms with E-state index in [1.807, 2.05) is 0 Å². The van der Waals surface area contributed by atoms with Crippen molar-refractivity contribution in [1.29, 1.82) is 0 Å². The van der Waals surface area contributed by atoms with Crippen LogP contribution in [0.3, 0.4) is 0 Å². The van der Waals surface area contributed by atoms with Gasteiger partial charge in [-0.05, 0) is 63.0 Å². The molecule has 2 heterocycles. The molecule has 1 aromatic carbocycles. The Morgan fingerprint density at radius 2 is 1.96 bits per heavy atom. The highest BCUT2D eigenvalue weighted by atomic mass is 35.5. The minimum Gasteiger partial charge on any atom is -0.335 e. The Kier molecular flexibility index (Phi) is 9.29. The van der Waals surface area contributed by atoms with Crippen molar-refractivity contribution in [2.75, 3.05) is 30.7 Å². The molecule has 23 heavy (non-hydrogen) atoms. The van der Waals surface area contributed by atoms with Gasteiger partial charge in [-0.1, -0.05) is 17.8 Å². The lowest BCUT2D eigenvalue weighted by molar-refractivity contribution is 0.333. The van der Waals surface area contributed by atoms with Crippen molar-refractivity contribution in [3.8, 4) is 0 Å². The number of anilines is 1. The minimum atomic E-state index is -0.196. The number of thioether (sulfide) groups is 1. The number of halogens is 3. The van der Waals surface area contributed by atoms with Gasteiger partial charge in [0.25, 0.3) is 0 Å². The summed E-state index contributed by atoms with van der Waals surface area (Å²) in [5.41, 5.74) is 1.93. The fourth-order valence-corrected chi connectivity index (χ4v) is 3.69. The third kappa shape index (κ3) is 6.14. The van der Waals surface area contributed by atoms with Gasteiger partial charge in [0.1, 0.15) is 5.82 Å². The smallest absolute Gasteiger partial charge is 0.161 e. The molecule has 3 nitrogen and oxygen atoms in total. The third-order valence-corrected chi connectivity index (χ3v) is 5.01. The zero-order chi connectivity index (χ0) is 14.5. The van der Waals surface area contributed by atoms with E-state index in [4.69, 9.17) is 0 Å². The van der Waals surface area contributed by atoms with Crippen LogP contribution in [-0.2, 0) is 6.54 Å². The number of unbranched alkanes of at least 4 members (excludes halogenated alkanes) is 1. The third-order valence-electron chi connectivity index (χ3n) is 4.01. The number of likely N-dealkylation sites (tertiary alicyclic amines) is 1. The molecular formula is C16H24Cl2FN3S. The summed E-state index contributed by atoms with van der Waals surface area (Å²) in [4.78, 5) is 7.07. The molecule has 1 N–H and O–H groups in total. The van der Waals surface area contributed by atoms with Crippen molar-refractivity contribution in [3.05, 3.63) is 29.6 Å². The molecule has 0 radical (unpaired) electrons. The molecule has 0 saturated carbocycles. The molecule has 0 atom stereocenters. The molecule has 3 rings (SSSR count). The lowest BCUT2D eigenvalue weighted by Crippen LogP contribution is -2.20. The number of amidine groups is 1. The molecule has 0 bridgehead atoms. The van der Waals surface area contributed by atoms with E-state index >= 15 is 0 Å². The largest absolute Gasteiger partial charge is 0.335 e. The zero-order valence-corrected chi connectivity index (χ0v) is 15.5. The molecule has 1 saturated heterocycles. The first-order chi connectivity index (χ1) is 10.3. The van der Waals surface area contributed by atoms with E-state index in [1.165, 1.54) is 51.4 Å². The lowest BCUT2D eigenvalue weighted by atomic mass is 10.1. The Hall–Kier alpha value is -0.490. The predicted molar refractivity (Wildman–Crippen MR) is 103 cm³/mol. The van der Waals surface area contributed by atoms with Crippen LogP contribution in [-0.4, -0.2) is 35.5 Å². The second-order valence-corrected chi connectivity index (χ2v) is 6.74. The van der Waals surface area contributed by atoms with Gasteiger partial charge in [0.2, 0.25) is 0 Å². The average molecular weight is 380 g/mol. The van der Waals surface area contributed by atoms with Crippen LogP contribution in [0.2, 0.25) is 0 Å². The quantitative estimate of drug-likeness (QED) is 0.759. The Morgan fingerprint density at radius 3 is 2.74 bits per heavy atom. The summed E-state index contributed by atoms with van der Waals surface area (Å²) in [5.74, 6) is 0.878. The first kappa shape index (κ1) is 20.6. The van der Waals surface area contributed by atoms with Crippen LogP contribution in [0.4, 0.5) is 10.1 Å². The number of aliphatic imine (C=N–C) groups is 1. The maximum atomic E-state index is 13.2. The Labute approximate surface area is 154 Å². The van der Waals surface area contributed by atoms with Crippen molar-refractivity contribution in [3.63, 3.8) is 0 Å². The monoisotopic (exact) mass is 379 g/mol. The number of benzene rings is 1. The number of fused-ring (bicyclic) bond motifs is 1. The van der Waals surface area contributed by atoms with E-state index in [1.54, 1.807) is 23.9 Å². The molecule has 0 amide bonds. The van der Waals surface area contributed by atoms with Crippen molar-refractivity contribution >= 4 is 47.4 Å². The molecule has 0 spiro atoms. The first-order valence-corrected chi connectivity index (χ1v) is 8.75. The zero-order valence-electron chi connectivity index (χ0n) is 13.1. The van der Waals surface area contributed by atoms with Crippen molar-refractivity contribution in [2.24, 2.45) is 4.99 Å². The van der Waals surface area contributed by atoms with Crippen LogP contribution >= 0.6 is 36.6 Å². The molecule has 7 heteroatoms. The molecule has 0 aliphatic carbocycles. The molecule has 0 unspecified atom stereocenters. The van der Waals surface area contributed by atoms with Crippen LogP contribution in [0.15, 0.2) is 23.2 Å². The molecule has 0 aromatic heterocycles. The Morgan fingerprint density at radius 1 is 1.17 bits per heavy atom. The second-order valence-electron chi connectivity index (χ2n) is 5.65. The predicted octanol–water partition coefficient (Wildman–Crippen LogP) is 4.56. The number of hydrogen-bond acceptors (Lipinski definition) is 4. The van der Waals surface area contributed by atoms with Crippen LogP contribution < -0.4 is 5.32 Å². The summed E-state index contributed by atoms with van der Waals surface area (Å²) >= 11 is 1.75. The van der Waals surface area contributed by atoms with Gasteiger partial charge >= 0.3 is 0 Å². The number of nitrogens with one attached hydrogen (secondary N) is 1. The fourth-order valence-electron chi connectivity index (χ4n) is 2.81. The molecular weight excluding hydrogens is 356 g/mol. The highest BCUT2D eigenvalue weighted by molar-refractivity contribution is 8.14. The van der Waals surface area contributed by atoms with Gasteiger partial charge in [-0.2, -0.15) is 0 Å². The van der Waals surface area contributed by atoms with E-state index in [-0.39, 0.29) is 30.6 Å². The summed E-state index contributed by atoms with van der Waals surface area (Å²) in [5, 5.41) is 4.16. The van der Waals surface area contributed by atoms with E-state index in [0.29, 0.717) is 6.54 Å². The van der Waals surface area contributed by atoms with E-state index in [0.717, 1.165) is 22.2 Å². The first-order valence-electron chi connectivity index (χ1n) is 7.76. The summed E-state index contributed by atoms with van der Waals surface area (Å²) in [6.45, 7) is 4.45. The fraction of sp³-hybridized carbons (Fsp3) is 0.562. The van der Waals surface area contributed by atoms with Gasteiger partial charge in [0, 0.05) is 11.4 Å². The van der Waals surface area contributed by atoms with Gasteiger partial charge < -0.3 is 10.2 Å². The van der Waals surface area contributed by atoms with Gasteiger partial charge in [0.15, 0.2) is 5.17 Å². The molecule has 2 aliphatic rings. The molecule has 1 fully saturated rings. The summed E-state index contributed by atoms with van der Waals surface area (Å²) in [7, 11) is 0. The maximum Gasteiger partial charge on any atom is 0.161 e. The average Bonchev–Trinajstić information content (AvgIpc) is 3.00. The SMILES string of the molecule is Cl.Cl.Fc1ccc2c(c1)NC(SCCCCN1CCCC1)=NC2. The van der Waals surface area contributed by atoms with E-state index in [9.17, 15) is 4.39 Å². The molecule has 2 aliphatic heterocycles. The topological polar surface area (TPSA) is 27.6 Å². The van der Waals surface area contributed by atoms with Crippen molar-refractivity contribution < 1.29 is 4.39 Å². The number of nitrogens with zero attached hydrogens (tertiary/aromatic N) is 2. The van der Waals surface area contributed by atoms with Gasteiger partial charge in [-0.3, -0.25) is 4.99 Å². The molecule has 1 aromatic rings. The van der Waals surface area contributed by atoms with E-state index < -0.39 is 0 Å². The Balaban J connectivity index is 0.00000132. The number of rotatable bonds is 5. The van der Waals surface area contributed by atoms with Gasteiger partial charge in [-0.25, -0.2) is 4.39 Å². The van der Waals surface area contributed by atoms with Crippen LogP contribution in [0.1, 0.15) is 31.2 Å². The summed E-state index contributed by atoms with van der Waals surface area (Å²) in [6.07, 6.45) is 5.19. The number of hydrogen-bond donors (Lipinski definition) is 1.